The molecule has 2 aromatic carbocycles. The van der Waals surface area contributed by atoms with Crippen LogP contribution in [-0.2, 0) is 20.9 Å². The van der Waals surface area contributed by atoms with Gasteiger partial charge in [0.25, 0.3) is 0 Å². The van der Waals surface area contributed by atoms with Crippen molar-refractivity contribution in [1.29, 1.82) is 0 Å². The Morgan fingerprint density at radius 1 is 1.06 bits per heavy atom. The van der Waals surface area contributed by atoms with Gasteiger partial charge in [0.1, 0.15) is 12.6 Å². The predicted octanol–water partition coefficient (Wildman–Crippen LogP) is 2.17. The SMILES string of the molecule is O=C(O)CCC(NC(=O)OCC1c2ccccc2-c2ccccc21)C(=O)NCCn1ccnn1. The number of carbonyl (C=O) groups excluding carboxylic acids is 2. The summed E-state index contributed by atoms with van der Waals surface area (Å²) in [6.07, 6.45) is 2.07. The molecule has 1 heterocycles. The van der Waals surface area contributed by atoms with Crippen LogP contribution in [0.5, 0.6) is 0 Å². The van der Waals surface area contributed by atoms with Gasteiger partial charge in [0.2, 0.25) is 5.91 Å². The van der Waals surface area contributed by atoms with Gasteiger partial charge in [-0.1, -0.05) is 53.7 Å². The third kappa shape index (κ3) is 5.40. The molecule has 0 spiro atoms. The van der Waals surface area contributed by atoms with Crippen LogP contribution in [0.25, 0.3) is 11.1 Å². The second kappa shape index (κ2) is 10.6. The Labute approximate surface area is 195 Å². The summed E-state index contributed by atoms with van der Waals surface area (Å²) in [5.41, 5.74) is 4.37. The van der Waals surface area contributed by atoms with E-state index >= 15 is 0 Å². The number of alkyl carbamates (subject to hydrolysis) is 1. The first-order valence-corrected chi connectivity index (χ1v) is 11.0. The zero-order valence-corrected chi connectivity index (χ0v) is 18.4. The van der Waals surface area contributed by atoms with Crippen molar-refractivity contribution in [2.24, 2.45) is 0 Å². The fourth-order valence-electron chi connectivity index (χ4n) is 4.09. The van der Waals surface area contributed by atoms with Gasteiger partial charge in [-0.15, -0.1) is 5.10 Å². The van der Waals surface area contributed by atoms with Crippen LogP contribution in [0.15, 0.2) is 60.9 Å². The number of aliphatic carboxylic acids is 1. The molecular weight excluding hydrogens is 438 g/mol. The van der Waals surface area contributed by atoms with E-state index in [1.807, 2.05) is 48.5 Å². The number of amides is 2. The Kier molecular flexibility index (Phi) is 7.16. The number of carbonyl (C=O) groups is 3. The summed E-state index contributed by atoms with van der Waals surface area (Å²) >= 11 is 0. The van der Waals surface area contributed by atoms with Gasteiger partial charge in [0.15, 0.2) is 0 Å². The number of hydrogen-bond donors (Lipinski definition) is 3. The van der Waals surface area contributed by atoms with Gasteiger partial charge >= 0.3 is 12.1 Å². The number of nitrogens with one attached hydrogen (secondary N) is 2. The molecule has 0 saturated carbocycles. The Morgan fingerprint density at radius 2 is 1.74 bits per heavy atom. The third-order valence-electron chi connectivity index (χ3n) is 5.71. The monoisotopic (exact) mass is 463 g/mol. The molecule has 0 fully saturated rings. The van der Waals surface area contributed by atoms with Crippen LogP contribution in [0.1, 0.15) is 29.9 Å². The van der Waals surface area contributed by atoms with E-state index < -0.39 is 24.0 Å². The lowest BCUT2D eigenvalue weighted by Gasteiger charge is -2.19. The molecule has 0 saturated heterocycles. The van der Waals surface area contributed by atoms with Gasteiger partial charge in [-0.2, -0.15) is 0 Å². The molecular formula is C24H25N5O5. The zero-order valence-electron chi connectivity index (χ0n) is 18.4. The lowest BCUT2D eigenvalue weighted by Crippen LogP contribution is -2.48. The first-order valence-electron chi connectivity index (χ1n) is 11.0. The number of benzene rings is 2. The molecule has 176 valence electrons. The number of aromatic nitrogens is 3. The molecule has 4 rings (SSSR count). The van der Waals surface area contributed by atoms with Gasteiger partial charge in [0.05, 0.1) is 12.7 Å². The van der Waals surface area contributed by atoms with E-state index in [4.69, 9.17) is 9.84 Å². The Hall–Kier alpha value is -4.21. The van der Waals surface area contributed by atoms with E-state index in [9.17, 15) is 14.4 Å². The summed E-state index contributed by atoms with van der Waals surface area (Å²) in [5, 5.41) is 21.7. The third-order valence-corrected chi connectivity index (χ3v) is 5.71. The molecule has 1 aliphatic rings. The molecule has 0 radical (unpaired) electrons. The standard InChI is InChI=1S/C24H25N5O5/c30-22(31)10-9-21(23(32)25-11-13-29-14-12-26-28-29)27-24(33)34-15-20-18-7-3-1-5-16(18)17-6-2-4-8-19(17)20/h1-8,12,14,20-21H,9-11,13,15H2,(H,25,32)(H,27,33)(H,30,31). The van der Waals surface area contributed by atoms with E-state index in [1.54, 1.807) is 10.9 Å². The van der Waals surface area contributed by atoms with Gasteiger partial charge in [0, 0.05) is 25.1 Å². The molecule has 1 atom stereocenters. The minimum atomic E-state index is -1.06. The highest BCUT2D eigenvalue weighted by Crippen LogP contribution is 2.44. The lowest BCUT2D eigenvalue weighted by molar-refractivity contribution is -0.137. The maximum Gasteiger partial charge on any atom is 0.407 e. The van der Waals surface area contributed by atoms with Gasteiger partial charge in [-0.25, -0.2) is 4.79 Å². The average molecular weight is 463 g/mol. The van der Waals surface area contributed by atoms with E-state index in [-0.39, 0.29) is 31.9 Å². The number of ether oxygens (including phenoxy) is 1. The van der Waals surface area contributed by atoms with Crippen LogP contribution < -0.4 is 10.6 Å². The first-order chi connectivity index (χ1) is 16.5. The van der Waals surface area contributed by atoms with Crippen LogP contribution in [0.4, 0.5) is 4.79 Å². The minimum absolute atomic E-state index is 0.0608. The number of rotatable bonds is 10. The molecule has 3 N–H and O–H groups in total. The Morgan fingerprint density at radius 3 is 2.35 bits per heavy atom. The summed E-state index contributed by atoms with van der Waals surface area (Å²) in [4.78, 5) is 36.2. The maximum absolute atomic E-state index is 12.6. The topological polar surface area (TPSA) is 135 Å². The van der Waals surface area contributed by atoms with Gasteiger partial charge in [-0.3, -0.25) is 14.3 Å². The zero-order chi connectivity index (χ0) is 23.9. The molecule has 0 bridgehead atoms. The van der Waals surface area contributed by atoms with Gasteiger partial charge < -0.3 is 20.5 Å². The molecule has 1 unspecified atom stereocenters. The smallest absolute Gasteiger partial charge is 0.407 e. The minimum Gasteiger partial charge on any atom is -0.481 e. The second-order valence-electron chi connectivity index (χ2n) is 7.91. The van der Waals surface area contributed by atoms with Crippen LogP contribution in [0, 0.1) is 0 Å². The van der Waals surface area contributed by atoms with Crippen molar-refractivity contribution in [3.8, 4) is 11.1 Å². The summed E-state index contributed by atoms with van der Waals surface area (Å²) in [6, 6.07) is 14.9. The van der Waals surface area contributed by atoms with Crippen LogP contribution in [0.3, 0.4) is 0 Å². The number of nitrogens with zero attached hydrogens (tertiary/aromatic N) is 3. The van der Waals surface area contributed by atoms with Crippen LogP contribution in [-0.4, -0.2) is 57.3 Å². The number of fused-ring (bicyclic) bond motifs is 3. The molecule has 34 heavy (non-hydrogen) atoms. The van der Waals surface area contributed by atoms with Crippen molar-refractivity contribution in [3.63, 3.8) is 0 Å². The highest BCUT2D eigenvalue weighted by molar-refractivity contribution is 5.86. The molecule has 10 heteroatoms. The average Bonchev–Trinajstić information content (AvgIpc) is 3.46. The fraction of sp³-hybridized carbons (Fsp3) is 0.292. The lowest BCUT2D eigenvalue weighted by atomic mass is 9.98. The molecule has 2 amide bonds. The predicted molar refractivity (Wildman–Crippen MR) is 122 cm³/mol. The van der Waals surface area contributed by atoms with Crippen molar-refractivity contribution < 1.29 is 24.2 Å². The van der Waals surface area contributed by atoms with Crippen molar-refractivity contribution in [1.82, 2.24) is 25.6 Å². The molecule has 10 nitrogen and oxygen atoms in total. The van der Waals surface area contributed by atoms with Crippen molar-refractivity contribution >= 4 is 18.0 Å². The van der Waals surface area contributed by atoms with Crippen LogP contribution in [0.2, 0.25) is 0 Å². The van der Waals surface area contributed by atoms with E-state index in [0.717, 1.165) is 22.3 Å². The van der Waals surface area contributed by atoms with E-state index in [0.29, 0.717) is 6.54 Å². The van der Waals surface area contributed by atoms with Crippen molar-refractivity contribution in [2.45, 2.75) is 31.3 Å². The number of carboxylic acid groups (broad SMARTS) is 1. The summed E-state index contributed by atoms with van der Waals surface area (Å²) in [6.45, 7) is 0.736. The first kappa shape index (κ1) is 23.0. The highest BCUT2D eigenvalue weighted by atomic mass is 16.5. The quantitative estimate of drug-likeness (QED) is 0.419. The Balaban J connectivity index is 1.36. The van der Waals surface area contributed by atoms with Crippen molar-refractivity contribution in [2.75, 3.05) is 13.2 Å². The number of carboxylic acids is 1. The fourth-order valence-corrected chi connectivity index (χ4v) is 4.09. The summed E-state index contributed by atoms with van der Waals surface area (Å²) in [7, 11) is 0. The van der Waals surface area contributed by atoms with Crippen LogP contribution >= 0.6 is 0 Å². The van der Waals surface area contributed by atoms with Crippen molar-refractivity contribution in [3.05, 3.63) is 72.1 Å². The van der Waals surface area contributed by atoms with E-state index in [2.05, 4.69) is 20.9 Å². The summed E-state index contributed by atoms with van der Waals surface area (Å²) < 4.78 is 7.04. The highest BCUT2D eigenvalue weighted by Gasteiger charge is 2.29. The summed E-state index contributed by atoms with van der Waals surface area (Å²) in [5.74, 6) is -1.67. The Bertz CT molecular complexity index is 1120. The maximum atomic E-state index is 12.6. The second-order valence-corrected chi connectivity index (χ2v) is 7.91. The molecule has 1 aromatic heterocycles. The molecule has 0 aliphatic heterocycles. The van der Waals surface area contributed by atoms with Gasteiger partial charge in [-0.05, 0) is 28.7 Å². The van der Waals surface area contributed by atoms with E-state index in [1.165, 1.54) is 6.20 Å². The number of hydrogen-bond acceptors (Lipinski definition) is 6. The normalized spacial score (nSPS) is 12.9. The largest absolute Gasteiger partial charge is 0.481 e. The molecule has 1 aliphatic carbocycles. The molecule has 3 aromatic rings.